The first kappa shape index (κ1) is 28.3. The Kier molecular flexibility index (Phi) is 6.88. The average Bonchev–Trinajstić information content (AvgIpc) is 3.35. The van der Waals surface area contributed by atoms with Crippen molar-refractivity contribution in [2.24, 2.45) is 0 Å². The quantitative estimate of drug-likeness (QED) is 0.209. The van der Waals surface area contributed by atoms with Crippen molar-refractivity contribution < 1.29 is 38.4 Å². The number of fused-ring (bicyclic) bond motifs is 5. The summed E-state index contributed by atoms with van der Waals surface area (Å²) in [5.74, 6) is -2.82. The van der Waals surface area contributed by atoms with Crippen LogP contribution in [0.2, 0.25) is 0 Å². The fourth-order valence-corrected chi connectivity index (χ4v) is 6.45. The van der Waals surface area contributed by atoms with Crippen LogP contribution in [0.15, 0.2) is 16.9 Å². The summed E-state index contributed by atoms with van der Waals surface area (Å²) >= 11 is 0. The molecule has 0 fully saturated rings. The van der Waals surface area contributed by atoms with Gasteiger partial charge in [0.05, 0.1) is 42.7 Å². The van der Waals surface area contributed by atoms with Gasteiger partial charge in [-0.25, -0.2) is 13.8 Å². The van der Waals surface area contributed by atoms with Crippen LogP contribution in [-0.2, 0) is 39.5 Å². The molecule has 2 aliphatic heterocycles. The summed E-state index contributed by atoms with van der Waals surface area (Å²) in [6.45, 7) is 2.51. The molecule has 0 spiro atoms. The van der Waals surface area contributed by atoms with Crippen molar-refractivity contribution in [3.8, 4) is 11.4 Å². The average molecular weight is 585 g/mol. The van der Waals surface area contributed by atoms with Gasteiger partial charge in [0.2, 0.25) is 0 Å². The van der Waals surface area contributed by atoms with Crippen LogP contribution in [0.5, 0.6) is 0 Å². The molecule has 11 nitrogen and oxygen atoms in total. The van der Waals surface area contributed by atoms with Crippen LogP contribution in [0.4, 0.5) is 8.78 Å². The largest absolute Gasteiger partial charge is 0.395 e. The second-order valence-corrected chi connectivity index (χ2v) is 10.9. The third-order valence-corrected chi connectivity index (χ3v) is 8.72. The number of carbonyl (C=O) groups is 2. The van der Waals surface area contributed by atoms with Crippen LogP contribution in [0, 0.1) is 12.7 Å². The molecule has 3 aliphatic rings. The van der Waals surface area contributed by atoms with Crippen molar-refractivity contribution >= 4 is 22.7 Å². The number of aliphatic hydroxyl groups excluding tert-OH is 2. The van der Waals surface area contributed by atoms with E-state index in [0.717, 1.165) is 0 Å². The predicted molar refractivity (Wildman–Crippen MR) is 144 cm³/mol. The highest BCUT2D eigenvalue weighted by Crippen LogP contribution is 2.46. The van der Waals surface area contributed by atoms with E-state index in [1.807, 2.05) is 0 Å². The van der Waals surface area contributed by atoms with Crippen molar-refractivity contribution in [3.63, 3.8) is 0 Å². The lowest BCUT2D eigenvalue weighted by molar-refractivity contribution is -0.236. The number of rotatable bonds is 6. The zero-order valence-electron chi connectivity index (χ0n) is 23.0. The number of ether oxygens (including phenoxy) is 1. The molecule has 2 unspecified atom stereocenters. The maximum absolute atomic E-state index is 15.0. The number of carbonyl (C=O) groups excluding carboxylic acids is 2. The maximum atomic E-state index is 15.0. The molecule has 6 rings (SSSR count). The molecule has 0 bridgehead atoms. The summed E-state index contributed by atoms with van der Waals surface area (Å²) in [4.78, 5) is 43.3. The number of hydrogen-bond donors (Lipinski definition) is 5. The molecule has 3 aromatic rings. The third kappa shape index (κ3) is 4.06. The van der Waals surface area contributed by atoms with Gasteiger partial charge in [-0.05, 0) is 48.9 Å². The van der Waals surface area contributed by atoms with E-state index < -0.39 is 53.9 Å². The Balaban J connectivity index is 1.52. The first-order valence-electron chi connectivity index (χ1n) is 13.8. The minimum absolute atomic E-state index is 0.0421. The van der Waals surface area contributed by atoms with E-state index in [9.17, 15) is 29.0 Å². The SMILES string of the molecule is CC[C@]1(O)c2cc3n(c(=O)c2COC1O)Cc1c-3nc2cc(F)c(C)c3c2c1[C@@H](NC(=O)C(F)C(=O)NCCO)CC3. The number of halogens is 2. The highest BCUT2D eigenvalue weighted by atomic mass is 19.1. The van der Waals surface area contributed by atoms with Crippen molar-refractivity contribution in [1.82, 2.24) is 20.2 Å². The van der Waals surface area contributed by atoms with Crippen LogP contribution in [0.1, 0.15) is 59.2 Å². The Morgan fingerprint density at radius 1 is 1.26 bits per heavy atom. The number of aromatic nitrogens is 2. The molecule has 4 atom stereocenters. The smallest absolute Gasteiger partial charge is 0.264 e. The van der Waals surface area contributed by atoms with Gasteiger partial charge in [-0.15, -0.1) is 0 Å². The van der Waals surface area contributed by atoms with Crippen LogP contribution < -0.4 is 16.2 Å². The fourth-order valence-electron chi connectivity index (χ4n) is 6.45. The molecular weight excluding hydrogens is 554 g/mol. The lowest BCUT2D eigenvalue weighted by Crippen LogP contribution is -2.47. The first-order valence-corrected chi connectivity index (χ1v) is 13.8. The van der Waals surface area contributed by atoms with E-state index >= 15 is 4.39 Å². The monoisotopic (exact) mass is 584 g/mol. The molecule has 0 radical (unpaired) electrons. The second-order valence-electron chi connectivity index (χ2n) is 10.9. The van der Waals surface area contributed by atoms with Crippen molar-refractivity contribution in [2.45, 2.75) is 70.4 Å². The van der Waals surface area contributed by atoms with Gasteiger partial charge >= 0.3 is 0 Å². The number of hydrogen-bond acceptors (Lipinski definition) is 8. The number of pyridine rings is 2. The zero-order valence-corrected chi connectivity index (χ0v) is 23.0. The summed E-state index contributed by atoms with van der Waals surface area (Å²) in [6.07, 6.45) is -3.39. The molecule has 4 heterocycles. The van der Waals surface area contributed by atoms with Crippen molar-refractivity contribution in [2.75, 3.05) is 13.2 Å². The Labute approximate surface area is 238 Å². The Hall–Kier alpha value is -3.78. The van der Waals surface area contributed by atoms with E-state index in [1.54, 1.807) is 19.9 Å². The Morgan fingerprint density at radius 2 is 2.02 bits per heavy atom. The van der Waals surface area contributed by atoms with Gasteiger partial charge < -0.3 is 35.3 Å². The number of nitrogens with one attached hydrogen (secondary N) is 2. The number of benzene rings is 1. The summed E-state index contributed by atoms with van der Waals surface area (Å²) in [5, 5.41) is 35.9. The zero-order chi connectivity index (χ0) is 30.1. The highest BCUT2D eigenvalue weighted by Gasteiger charge is 2.45. The standard InChI is InChI=1S/C29H30F2N4O7/c1-3-29(41)16-8-20-24-14(10-35(20)27(39)15(16)11-42-28(29)40)22-18(34-26(38)23(31)25(37)32-6-7-36)5-4-13-12(2)17(30)9-19(33-24)21(13)22/h8-9,18,23,28,36,40-41H,3-7,10-11H2,1-2H3,(H,32,37)(H,34,38)/t18-,23?,28?,29-/m0/s1. The summed E-state index contributed by atoms with van der Waals surface area (Å²) in [6, 6.07) is 2.09. The van der Waals surface area contributed by atoms with Crippen LogP contribution in [0.25, 0.3) is 22.3 Å². The van der Waals surface area contributed by atoms with E-state index in [4.69, 9.17) is 14.8 Å². The van der Waals surface area contributed by atoms with Gasteiger partial charge in [0.1, 0.15) is 11.4 Å². The Bertz CT molecular complexity index is 1730. The number of aliphatic hydroxyl groups is 3. The number of amides is 2. The van der Waals surface area contributed by atoms with Crippen molar-refractivity contribution in [1.29, 1.82) is 0 Å². The summed E-state index contributed by atoms with van der Waals surface area (Å²) < 4.78 is 36.6. The topological polar surface area (TPSA) is 163 Å². The number of aryl methyl sites for hydroxylation is 1. The summed E-state index contributed by atoms with van der Waals surface area (Å²) in [5.41, 5.74) is 1.34. The second kappa shape index (κ2) is 10.2. The fraction of sp³-hybridized carbons (Fsp3) is 0.448. The molecule has 1 aliphatic carbocycles. The van der Waals surface area contributed by atoms with Crippen molar-refractivity contribution in [3.05, 3.63) is 61.7 Å². The van der Waals surface area contributed by atoms with Gasteiger partial charge in [-0.1, -0.05) is 6.92 Å². The van der Waals surface area contributed by atoms with E-state index in [0.29, 0.717) is 45.4 Å². The van der Waals surface area contributed by atoms with Gasteiger partial charge in [-0.2, -0.15) is 0 Å². The molecule has 2 aromatic heterocycles. The number of alkyl halides is 1. The molecule has 42 heavy (non-hydrogen) atoms. The Morgan fingerprint density at radius 3 is 2.74 bits per heavy atom. The molecule has 0 saturated heterocycles. The summed E-state index contributed by atoms with van der Waals surface area (Å²) in [7, 11) is 0. The van der Waals surface area contributed by atoms with Crippen LogP contribution >= 0.6 is 0 Å². The lowest BCUT2D eigenvalue weighted by atomic mass is 9.81. The van der Waals surface area contributed by atoms with Gasteiger partial charge in [0, 0.05) is 34.7 Å². The number of nitrogens with zero attached hydrogens (tertiary/aromatic N) is 2. The van der Waals surface area contributed by atoms with Gasteiger partial charge in [0.25, 0.3) is 23.5 Å². The van der Waals surface area contributed by atoms with Crippen LogP contribution in [0.3, 0.4) is 0 Å². The molecular formula is C29H30F2N4O7. The minimum Gasteiger partial charge on any atom is -0.395 e. The maximum Gasteiger partial charge on any atom is 0.264 e. The predicted octanol–water partition coefficient (Wildman–Crippen LogP) is 0.869. The lowest BCUT2D eigenvalue weighted by Gasteiger charge is -2.37. The minimum atomic E-state index is -2.53. The normalized spacial score (nSPS) is 22.7. The molecule has 0 saturated carbocycles. The molecule has 2 amide bonds. The van der Waals surface area contributed by atoms with E-state index in [-0.39, 0.29) is 49.2 Å². The molecule has 222 valence electrons. The van der Waals surface area contributed by atoms with E-state index in [2.05, 4.69) is 10.6 Å². The van der Waals surface area contributed by atoms with Gasteiger partial charge in [-0.3, -0.25) is 14.4 Å². The first-order chi connectivity index (χ1) is 20.0. The molecule has 1 aromatic carbocycles. The van der Waals surface area contributed by atoms with E-state index in [1.165, 1.54) is 10.6 Å². The third-order valence-electron chi connectivity index (χ3n) is 8.72. The van der Waals surface area contributed by atoms with Crippen LogP contribution in [-0.4, -0.2) is 62.3 Å². The van der Waals surface area contributed by atoms with Gasteiger partial charge in [0.15, 0.2) is 6.29 Å². The highest BCUT2D eigenvalue weighted by molar-refractivity contribution is 6.03. The molecule has 13 heteroatoms. The molecule has 5 N–H and O–H groups in total.